The summed E-state index contributed by atoms with van der Waals surface area (Å²) >= 11 is 0. The molecule has 2 amide bonds. The van der Waals surface area contributed by atoms with Crippen molar-refractivity contribution in [3.8, 4) is 5.75 Å². The van der Waals surface area contributed by atoms with E-state index in [0.717, 1.165) is 0 Å². The molecule has 12 heteroatoms. The van der Waals surface area contributed by atoms with Crippen molar-refractivity contribution < 1.29 is 38.4 Å². The van der Waals surface area contributed by atoms with Crippen LogP contribution in [0.1, 0.15) is 53.5 Å². The number of aliphatic hydroxyl groups is 1. The fraction of sp³-hybridized carbons (Fsp3) is 0.517. The highest BCUT2D eigenvalue weighted by Gasteiger charge is 2.23. The molecular formula is C29H46N4O8. The topological polar surface area (TPSA) is 171 Å². The van der Waals surface area contributed by atoms with Gasteiger partial charge in [0.05, 0.1) is 6.61 Å². The molecule has 0 aliphatic carbocycles. The van der Waals surface area contributed by atoms with Gasteiger partial charge < -0.3 is 40.4 Å². The van der Waals surface area contributed by atoms with E-state index in [1.54, 1.807) is 85.2 Å². The Hall–Kier alpha value is -3.90. The number of methoxy groups -OCH3 is 1. The van der Waals surface area contributed by atoms with Crippen molar-refractivity contribution in [2.75, 3.05) is 33.4 Å². The maximum absolute atomic E-state index is 11.9. The normalized spacial score (nSPS) is 12.7. The second kappa shape index (κ2) is 19.2. The van der Waals surface area contributed by atoms with Gasteiger partial charge in [-0.25, -0.2) is 9.59 Å². The first-order valence-electron chi connectivity index (χ1n) is 13.0. The Morgan fingerprint density at radius 2 is 1.68 bits per heavy atom. The van der Waals surface area contributed by atoms with Gasteiger partial charge in [-0.2, -0.15) is 4.99 Å². The van der Waals surface area contributed by atoms with Crippen molar-refractivity contribution in [2.45, 2.75) is 65.3 Å². The van der Waals surface area contributed by atoms with Crippen molar-refractivity contribution in [3.63, 3.8) is 0 Å². The predicted octanol–water partition coefficient (Wildman–Crippen LogP) is 2.95. The summed E-state index contributed by atoms with van der Waals surface area (Å²) in [5.74, 6) is -0.347. The minimum absolute atomic E-state index is 0.0124. The third kappa shape index (κ3) is 18.9. The number of esters is 1. The van der Waals surface area contributed by atoms with Gasteiger partial charge >= 0.3 is 12.1 Å². The number of hydrogen-bond acceptors (Lipinski definition) is 9. The van der Waals surface area contributed by atoms with Gasteiger partial charge in [0.2, 0.25) is 6.41 Å². The number of ether oxygens (including phenoxy) is 4. The fourth-order valence-corrected chi connectivity index (χ4v) is 2.76. The van der Waals surface area contributed by atoms with Gasteiger partial charge in [0.15, 0.2) is 6.10 Å². The van der Waals surface area contributed by atoms with Gasteiger partial charge in [0.25, 0.3) is 0 Å². The highest BCUT2D eigenvalue weighted by atomic mass is 16.6. The van der Waals surface area contributed by atoms with Crippen LogP contribution in [0.3, 0.4) is 0 Å². The first kappa shape index (κ1) is 37.1. The van der Waals surface area contributed by atoms with Crippen LogP contribution in [0, 0.1) is 0 Å². The lowest BCUT2D eigenvalue weighted by molar-refractivity contribution is -0.166. The molecule has 1 atom stereocenters. The number of nitrogens with zero attached hydrogens (tertiary/aromatic N) is 1. The van der Waals surface area contributed by atoms with Crippen LogP contribution in [-0.4, -0.2) is 80.1 Å². The molecule has 1 aromatic rings. The number of nitrogens with one attached hydrogen (secondary N) is 2. The molecule has 0 fully saturated rings. The summed E-state index contributed by atoms with van der Waals surface area (Å²) in [6.07, 6.45) is 2.38. The molecule has 5 N–H and O–H groups in total. The minimum atomic E-state index is -1.43. The monoisotopic (exact) mass is 578 g/mol. The average molecular weight is 579 g/mol. The summed E-state index contributed by atoms with van der Waals surface area (Å²) < 4.78 is 20.3. The Morgan fingerprint density at radius 3 is 2.17 bits per heavy atom. The van der Waals surface area contributed by atoms with Gasteiger partial charge in [0, 0.05) is 32.0 Å². The van der Waals surface area contributed by atoms with Gasteiger partial charge in [0.1, 0.15) is 29.4 Å². The SMILES string of the molecule is C=CCOC.CC(C)(C)OC(=O)NCCCN/C=C(\C(N)=NC=O)c1ccc(OCC(O)C(=O)OC(C)(C)C)cc1. The summed E-state index contributed by atoms with van der Waals surface area (Å²) in [7, 11) is 1.64. The van der Waals surface area contributed by atoms with Crippen molar-refractivity contribution in [1.82, 2.24) is 10.6 Å². The number of amides is 2. The molecule has 0 radical (unpaired) electrons. The Balaban J connectivity index is 0.00000292. The number of rotatable bonds is 14. The molecule has 0 aliphatic heterocycles. The number of benzene rings is 1. The van der Waals surface area contributed by atoms with Crippen LogP contribution < -0.4 is 21.1 Å². The molecular weight excluding hydrogens is 532 g/mol. The summed E-state index contributed by atoms with van der Waals surface area (Å²) in [5.41, 5.74) is 5.79. The number of nitrogens with two attached hydrogens (primary N) is 1. The molecule has 0 spiro atoms. The van der Waals surface area contributed by atoms with Crippen molar-refractivity contribution >= 4 is 29.9 Å². The lowest BCUT2D eigenvalue weighted by Gasteiger charge is -2.21. The molecule has 0 aliphatic rings. The van der Waals surface area contributed by atoms with Gasteiger partial charge in [-0.3, -0.25) is 4.79 Å². The highest BCUT2D eigenvalue weighted by molar-refractivity contribution is 6.23. The van der Waals surface area contributed by atoms with Crippen LogP contribution in [0.15, 0.2) is 48.1 Å². The second-order valence-corrected chi connectivity index (χ2v) is 10.5. The lowest BCUT2D eigenvalue weighted by Crippen LogP contribution is -2.35. The third-order valence-corrected chi connectivity index (χ3v) is 4.42. The van der Waals surface area contributed by atoms with E-state index in [2.05, 4.69) is 26.9 Å². The zero-order chi connectivity index (χ0) is 31.5. The number of carbonyl (C=O) groups excluding carboxylic acids is 3. The first-order chi connectivity index (χ1) is 19.1. The van der Waals surface area contributed by atoms with E-state index in [0.29, 0.717) is 49.4 Å². The highest BCUT2D eigenvalue weighted by Crippen LogP contribution is 2.19. The van der Waals surface area contributed by atoms with Crippen LogP contribution >= 0.6 is 0 Å². The Labute approximate surface area is 243 Å². The standard InChI is InChI=1S/C25H38N4O7.C4H8O/c1-24(2,3)35-22(32)20(31)15-34-18-10-8-17(9-11-18)19(21(26)29-16-30)14-27-12-7-13-28-23(33)36-25(4,5)6;1-3-4-5-2/h8-11,14,16,20,27,31H,7,12-13,15H2,1-6H3,(H,28,33)(H2,26,29,30);3H,1,4H2,2H3/b19-14-;. The largest absolute Gasteiger partial charge is 0.490 e. The zero-order valence-corrected chi connectivity index (χ0v) is 25.2. The summed E-state index contributed by atoms with van der Waals surface area (Å²) in [5, 5.41) is 15.7. The van der Waals surface area contributed by atoms with Crippen molar-refractivity contribution in [2.24, 2.45) is 10.7 Å². The number of aliphatic imine (C=N–C) groups is 1. The Morgan fingerprint density at radius 1 is 1.07 bits per heavy atom. The maximum Gasteiger partial charge on any atom is 0.407 e. The average Bonchev–Trinajstić information content (AvgIpc) is 2.86. The molecule has 0 saturated heterocycles. The quantitative estimate of drug-likeness (QED) is 0.0642. The third-order valence-electron chi connectivity index (χ3n) is 4.42. The van der Waals surface area contributed by atoms with Crippen molar-refractivity contribution in [3.05, 3.63) is 48.7 Å². The Kier molecular flexibility index (Phi) is 17.4. The molecule has 1 unspecified atom stereocenters. The zero-order valence-electron chi connectivity index (χ0n) is 25.2. The summed E-state index contributed by atoms with van der Waals surface area (Å²) in [4.78, 5) is 38.0. The van der Waals surface area contributed by atoms with E-state index in [-0.39, 0.29) is 12.4 Å². The van der Waals surface area contributed by atoms with E-state index >= 15 is 0 Å². The van der Waals surface area contributed by atoms with Gasteiger partial charge in [-0.05, 0) is 65.7 Å². The molecule has 41 heavy (non-hydrogen) atoms. The van der Waals surface area contributed by atoms with Crippen LogP contribution in [0.5, 0.6) is 5.75 Å². The van der Waals surface area contributed by atoms with E-state index in [4.69, 9.17) is 19.9 Å². The van der Waals surface area contributed by atoms with Gasteiger partial charge in [-0.15, -0.1) is 6.58 Å². The molecule has 230 valence electrons. The smallest absolute Gasteiger partial charge is 0.407 e. The fourth-order valence-electron chi connectivity index (χ4n) is 2.76. The molecule has 0 heterocycles. The minimum Gasteiger partial charge on any atom is -0.490 e. The predicted molar refractivity (Wildman–Crippen MR) is 158 cm³/mol. The summed E-state index contributed by atoms with van der Waals surface area (Å²) in [6, 6.07) is 6.65. The van der Waals surface area contributed by atoms with Crippen LogP contribution in [0.2, 0.25) is 0 Å². The maximum atomic E-state index is 11.9. The molecule has 0 bridgehead atoms. The number of hydrogen-bond donors (Lipinski definition) is 4. The number of carbonyl (C=O) groups is 3. The molecule has 0 saturated carbocycles. The van der Waals surface area contributed by atoms with E-state index in [1.165, 1.54) is 0 Å². The second-order valence-electron chi connectivity index (χ2n) is 10.5. The van der Waals surface area contributed by atoms with Crippen LogP contribution in [0.25, 0.3) is 5.57 Å². The number of amidine groups is 1. The Bertz CT molecular complexity index is 1010. The molecule has 1 aromatic carbocycles. The van der Waals surface area contributed by atoms with Gasteiger partial charge in [-0.1, -0.05) is 18.2 Å². The van der Waals surface area contributed by atoms with E-state index in [9.17, 15) is 19.5 Å². The molecule has 0 aromatic heterocycles. The van der Waals surface area contributed by atoms with Crippen LogP contribution in [-0.2, 0) is 23.8 Å². The molecule has 12 nitrogen and oxygen atoms in total. The molecule has 1 rings (SSSR count). The van der Waals surface area contributed by atoms with Crippen LogP contribution in [0.4, 0.5) is 4.79 Å². The summed E-state index contributed by atoms with van der Waals surface area (Å²) in [6.45, 7) is 15.2. The number of alkyl carbamates (subject to hydrolysis) is 1. The number of aliphatic hydroxyl groups excluding tert-OH is 1. The van der Waals surface area contributed by atoms with E-state index < -0.39 is 29.4 Å². The first-order valence-corrected chi connectivity index (χ1v) is 13.0. The lowest BCUT2D eigenvalue weighted by atomic mass is 10.1. The van der Waals surface area contributed by atoms with Crippen molar-refractivity contribution in [1.29, 1.82) is 0 Å². The van der Waals surface area contributed by atoms with E-state index in [1.807, 2.05) is 0 Å².